The summed E-state index contributed by atoms with van der Waals surface area (Å²) in [6.45, 7) is 2.93. The van der Waals surface area contributed by atoms with Gasteiger partial charge in [-0.25, -0.2) is 4.68 Å². The van der Waals surface area contributed by atoms with Gasteiger partial charge in [-0.1, -0.05) is 18.2 Å². The lowest BCUT2D eigenvalue weighted by atomic mass is 10.3. The Balaban J connectivity index is 0.00000208. The second-order valence-electron chi connectivity index (χ2n) is 6.06. The van der Waals surface area contributed by atoms with Crippen LogP contribution >= 0.6 is 12.4 Å². The number of benzene rings is 1. The standard InChI is InChI=1S/C17H22N4O2.ClH/c1-12-16(19-15(22)11-18-10-13-8-9-13)17(23)21(20(12)2)14-6-4-3-5-7-14;/h3-7,13,18H,8-11H2,1-2H3,(H,19,22);1H. The van der Waals surface area contributed by atoms with Crippen LogP contribution < -0.4 is 16.2 Å². The molecule has 1 aliphatic carbocycles. The fraction of sp³-hybridized carbons (Fsp3) is 0.412. The zero-order valence-corrected chi connectivity index (χ0v) is 14.7. The Kier molecular flexibility index (Phi) is 5.85. The molecular formula is C17H23ClN4O2. The van der Waals surface area contributed by atoms with Gasteiger partial charge in [0, 0.05) is 7.05 Å². The Hall–Kier alpha value is -2.05. The fourth-order valence-electron chi connectivity index (χ4n) is 2.61. The van der Waals surface area contributed by atoms with Gasteiger partial charge < -0.3 is 10.6 Å². The summed E-state index contributed by atoms with van der Waals surface area (Å²) in [5.74, 6) is 0.535. The number of hydrogen-bond donors (Lipinski definition) is 2. The number of halogens is 1. The lowest BCUT2D eigenvalue weighted by Crippen LogP contribution is -2.31. The first kappa shape index (κ1) is 18.3. The molecule has 6 nitrogen and oxygen atoms in total. The Morgan fingerprint density at radius 2 is 1.92 bits per heavy atom. The smallest absolute Gasteiger partial charge is 0.295 e. The zero-order valence-electron chi connectivity index (χ0n) is 13.9. The molecule has 1 aromatic heterocycles. The van der Waals surface area contributed by atoms with E-state index in [2.05, 4.69) is 10.6 Å². The summed E-state index contributed by atoms with van der Waals surface area (Å²) in [5.41, 5.74) is 1.63. The van der Waals surface area contributed by atoms with Crippen molar-refractivity contribution >= 4 is 24.0 Å². The van der Waals surface area contributed by atoms with Crippen molar-refractivity contribution in [2.24, 2.45) is 13.0 Å². The monoisotopic (exact) mass is 350 g/mol. The van der Waals surface area contributed by atoms with Crippen LogP contribution in [0.3, 0.4) is 0 Å². The first-order valence-corrected chi connectivity index (χ1v) is 7.92. The quantitative estimate of drug-likeness (QED) is 0.835. The van der Waals surface area contributed by atoms with Gasteiger partial charge in [-0.3, -0.25) is 14.3 Å². The van der Waals surface area contributed by atoms with E-state index in [1.807, 2.05) is 44.3 Å². The predicted octanol–water partition coefficient (Wildman–Crippen LogP) is 1.84. The van der Waals surface area contributed by atoms with Crippen molar-refractivity contribution in [3.05, 3.63) is 46.4 Å². The summed E-state index contributed by atoms with van der Waals surface area (Å²) in [5, 5.41) is 5.88. The number of nitrogens with zero attached hydrogens (tertiary/aromatic N) is 2. The van der Waals surface area contributed by atoms with Gasteiger partial charge in [-0.2, -0.15) is 0 Å². The number of carbonyl (C=O) groups excluding carboxylic acids is 1. The van der Waals surface area contributed by atoms with E-state index in [9.17, 15) is 9.59 Å². The number of anilines is 1. The molecule has 1 fully saturated rings. The summed E-state index contributed by atoms with van der Waals surface area (Å²) in [6, 6.07) is 9.39. The average Bonchev–Trinajstić information content (AvgIpc) is 3.34. The van der Waals surface area contributed by atoms with E-state index in [4.69, 9.17) is 0 Å². The second kappa shape index (κ2) is 7.68. The number of para-hydroxylation sites is 1. The summed E-state index contributed by atoms with van der Waals surface area (Å²) >= 11 is 0. The first-order chi connectivity index (χ1) is 11.1. The Bertz CT molecular complexity index is 763. The molecule has 0 atom stereocenters. The van der Waals surface area contributed by atoms with Crippen molar-refractivity contribution in [1.82, 2.24) is 14.7 Å². The van der Waals surface area contributed by atoms with E-state index < -0.39 is 0 Å². The van der Waals surface area contributed by atoms with Crippen LogP contribution in [0.2, 0.25) is 0 Å². The van der Waals surface area contributed by atoms with Gasteiger partial charge in [0.25, 0.3) is 5.56 Å². The SMILES string of the molecule is Cc1c(NC(=O)CNCC2CC2)c(=O)n(-c2ccccc2)n1C.Cl. The van der Waals surface area contributed by atoms with Gasteiger partial charge in [-0.05, 0) is 44.4 Å². The number of rotatable bonds is 6. The Morgan fingerprint density at radius 1 is 1.25 bits per heavy atom. The van der Waals surface area contributed by atoms with Crippen LogP contribution in [-0.2, 0) is 11.8 Å². The molecule has 3 rings (SSSR count). The molecule has 0 spiro atoms. The number of carbonyl (C=O) groups is 1. The van der Waals surface area contributed by atoms with Crippen LogP contribution in [-0.4, -0.2) is 28.4 Å². The van der Waals surface area contributed by atoms with E-state index in [1.54, 1.807) is 9.36 Å². The molecule has 24 heavy (non-hydrogen) atoms. The molecule has 1 saturated carbocycles. The van der Waals surface area contributed by atoms with Crippen LogP contribution in [0, 0.1) is 12.8 Å². The molecule has 0 unspecified atom stereocenters. The third-order valence-electron chi connectivity index (χ3n) is 4.23. The maximum atomic E-state index is 12.6. The molecular weight excluding hydrogens is 328 g/mol. The molecule has 0 radical (unpaired) electrons. The minimum atomic E-state index is -0.216. The first-order valence-electron chi connectivity index (χ1n) is 7.92. The van der Waals surface area contributed by atoms with Gasteiger partial charge in [0.15, 0.2) is 0 Å². The number of hydrogen-bond acceptors (Lipinski definition) is 3. The molecule has 0 saturated heterocycles. The highest BCUT2D eigenvalue weighted by Gasteiger charge is 2.21. The van der Waals surface area contributed by atoms with Crippen LogP contribution in [0.1, 0.15) is 18.5 Å². The largest absolute Gasteiger partial charge is 0.319 e. The van der Waals surface area contributed by atoms with Gasteiger partial charge in [-0.15, -0.1) is 12.4 Å². The average molecular weight is 351 g/mol. The van der Waals surface area contributed by atoms with Crippen LogP contribution in [0.25, 0.3) is 5.69 Å². The van der Waals surface area contributed by atoms with Gasteiger partial charge in [0.05, 0.1) is 17.9 Å². The summed E-state index contributed by atoms with van der Waals surface area (Å²) in [7, 11) is 1.81. The molecule has 1 amide bonds. The maximum absolute atomic E-state index is 12.6. The molecule has 1 aromatic carbocycles. The van der Waals surface area contributed by atoms with Crippen molar-refractivity contribution in [2.75, 3.05) is 18.4 Å². The van der Waals surface area contributed by atoms with Crippen molar-refractivity contribution in [3.63, 3.8) is 0 Å². The van der Waals surface area contributed by atoms with Gasteiger partial charge in [0.1, 0.15) is 5.69 Å². The van der Waals surface area contributed by atoms with Crippen molar-refractivity contribution < 1.29 is 4.79 Å². The lowest BCUT2D eigenvalue weighted by molar-refractivity contribution is -0.115. The minimum Gasteiger partial charge on any atom is -0.319 e. The molecule has 0 aliphatic heterocycles. The number of aromatic nitrogens is 2. The van der Waals surface area contributed by atoms with Crippen molar-refractivity contribution in [2.45, 2.75) is 19.8 Å². The lowest BCUT2D eigenvalue weighted by Gasteiger charge is -2.07. The highest BCUT2D eigenvalue weighted by molar-refractivity contribution is 5.92. The maximum Gasteiger partial charge on any atom is 0.295 e. The fourth-order valence-corrected chi connectivity index (χ4v) is 2.61. The van der Waals surface area contributed by atoms with E-state index in [1.165, 1.54) is 12.8 Å². The molecule has 1 heterocycles. The third-order valence-corrected chi connectivity index (χ3v) is 4.23. The molecule has 7 heteroatoms. The molecule has 2 N–H and O–H groups in total. The van der Waals surface area contributed by atoms with Crippen LogP contribution in [0.15, 0.2) is 35.1 Å². The van der Waals surface area contributed by atoms with E-state index in [0.717, 1.165) is 23.8 Å². The third kappa shape index (κ3) is 3.88. The minimum absolute atomic E-state index is 0. The van der Waals surface area contributed by atoms with E-state index in [-0.39, 0.29) is 30.4 Å². The Labute approximate surface area is 147 Å². The highest BCUT2D eigenvalue weighted by atomic mass is 35.5. The van der Waals surface area contributed by atoms with Crippen molar-refractivity contribution in [1.29, 1.82) is 0 Å². The predicted molar refractivity (Wildman–Crippen MR) is 97.2 cm³/mol. The summed E-state index contributed by atoms with van der Waals surface area (Å²) in [4.78, 5) is 24.7. The summed E-state index contributed by atoms with van der Waals surface area (Å²) < 4.78 is 3.31. The highest BCUT2D eigenvalue weighted by Crippen LogP contribution is 2.27. The zero-order chi connectivity index (χ0) is 16.4. The van der Waals surface area contributed by atoms with E-state index in [0.29, 0.717) is 5.69 Å². The Morgan fingerprint density at radius 3 is 2.54 bits per heavy atom. The van der Waals surface area contributed by atoms with Gasteiger partial charge in [0.2, 0.25) is 5.91 Å². The number of amides is 1. The molecule has 1 aliphatic rings. The second-order valence-corrected chi connectivity index (χ2v) is 6.06. The van der Waals surface area contributed by atoms with Crippen LogP contribution in [0.5, 0.6) is 0 Å². The molecule has 0 bridgehead atoms. The van der Waals surface area contributed by atoms with Crippen LogP contribution in [0.4, 0.5) is 5.69 Å². The normalized spacial score (nSPS) is 13.4. The summed E-state index contributed by atoms with van der Waals surface area (Å²) in [6.07, 6.45) is 2.49. The van der Waals surface area contributed by atoms with Crippen molar-refractivity contribution in [3.8, 4) is 5.69 Å². The van der Waals surface area contributed by atoms with E-state index >= 15 is 0 Å². The topological polar surface area (TPSA) is 68.1 Å². The number of nitrogens with one attached hydrogen (secondary N) is 2. The van der Waals surface area contributed by atoms with Gasteiger partial charge >= 0.3 is 0 Å². The molecule has 2 aromatic rings. The molecule has 130 valence electrons.